The third kappa shape index (κ3) is 4.55. The summed E-state index contributed by atoms with van der Waals surface area (Å²) in [4.78, 5) is 8.51. The Balaban J connectivity index is 1.89. The molecular formula is C20H10Br2N2. The Labute approximate surface area is 157 Å². The van der Waals surface area contributed by atoms with Crippen molar-refractivity contribution >= 4 is 31.9 Å². The fraction of sp³-hybridized carbons (Fsp3) is 0. The number of halogens is 2. The van der Waals surface area contributed by atoms with Gasteiger partial charge in [0.1, 0.15) is 11.4 Å². The standard InChI is InChI=1S/C20H10Br2N2/c21-17-7-11-19(23-13-17)9-5-15-3-1-2-4-16(15)6-10-20-12-8-18(22)14-24-20/h1-4,7-8,11-14H. The van der Waals surface area contributed by atoms with E-state index in [4.69, 9.17) is 0 Å². The second kappa shape index (κ2) is 7.93. The van der Waals surface area contributed by atoms with Gasteiger partial charge in [0, 0.05) is 32.5 Å². The van der Waals surface area contributed by atoms with Crippen molar-refractivity contribution in [2.45, 2.75) is 0 Å². The largest absolute Gasteiger partial charge is 0.247 e. The zero-order valence-corrected chi connectivity index (χ0v) is 15.6. The topological polar surface area (TPSA) is 25.8 Å². The quantitative estimate of drug-likeness (QED) is 0.472. The zero-order valence-electron chi connectivity index (χ0n) is 12.4. The minimum Gasteiger partial charge on any atom is -0.247 e. The monoisotopic (exact) mass is 436 g/mol. The molecule has 0 saturated heterocycles. The predicted molar refractivity (Wildman–Crippen MR) is 102 cm³/mol. The first-order valence-electron chi connectivity index (χ1n) is 7.07. The molecule has 0 bridgehead atoms. The first-order chi connectivity index (χ1) is 11.7. The summed E-state index contributed by atoms with van der Waals surface area (Å²) >= 11 is 6.72. The lowest BCUT2D eigenvalue weighted by Gasteiger charge is -1.96. The predicted octanol–water partition coefficient (Wildman–Crippen LogP) is 4.80. The number of aromatic nitrogens is 2. The molecule has 0 N–H and O–H groups in total. The zero-order chi connectivity index (χ0) is 16.8. The molecule has 4 heteroatoms. The molecule has 0 spiro atoms. The van der Waals surface area contributed by atoms with Gasteiger partial charge in [0.05, 0.1) is 0 Å². The van der Waals surface area contributed by atoms with Gasteiger partial charge < -0.3 is 0 Å². The molecule has 0 atom stereocenters. The molecule has 0 saturated carbocycles. The molecule has 0 aliphatic heterocycles. The number of nitrogens with zero attached hydrogens (tertiary/aromatic N) is 2. The van der Waals surface area contributed by atoms with Gasteiger partial charge in [0.25, 0.3) is 0 Å². The van der Waals surface area contributed by atoms with Crippen LogP contribution in [0.25, 0.3) is 0 Å². The molecule has 0 unspecified atom stereocenters. The van der Waals surface area contributed by atoms with E-state index in [1.54, 1.807) is 12.4 Å². The van der Waals surface area contributed by atoms with Crippen molar-refractivity contribution in [1.82, 2.24) is 9.97 Å². The second-order valence-electron chi connectivity index (χ2n) is 4.77. The van der Waals surface area contributed by atoms with Gasteiger partial charge in [-0.05, 0) is 80.1 Å². The summed E-state index contributed by atoms with van der Waals surface area (Å²) in [5, 5.41) is 0. The molecule has 24 heavy (non-hydrogen) atoms. The summed E-state index contributed by atoms with van der Waals surface area (Å²) in [6.45, 7) is 0. The summed E-state index contributed by atoms with van der Waals surface area (Å²) in [6, 6.07) is 15.4. The molecular weight excluding hydrogens is 428 g/mol. The first-order valence-corrected chi connectivity index (χ1v) is 8.65. The lowest BCUT2D eigenvalue weighted by molar-refractivity contribution is 1.27. The Hall–Kier alpha value is -2.40. The van der Waals surface area contributed by atoms with Gasteiger partial charge in [-0.3, -0.25) is 0 Å². The van der Waals surface area contributed by atoms with Crippen LogP contribution in [-0.4, -0.2) is 9.97 Å². The number of pyridine rings is 2. The molecule has 0 amide bonds. The van der Waals surface area contributed by atoms with Crippen LogP contribution >= 0.6 is 31.9 Å². The maximum Gasteiger partial charge on any atom is 0.113 e. The number of hydrogen-bond donors (Lipinski definition) is 0. The molecule has 114 valence electrons. The number of rotatable bonds is 0. The lowest BCUT2D eigenvalue weighted by atomic mass is 10.1. The highest BCUT2D eigenvalue weighted by Crippen LogP contribution is 2.09. The molecule has 2 nitrogen and oxygen atoms in total. The Bertz CT molecular complexity index is 888. The Kier molecular flexibility index (Phi) is 5.43. The number of benzene rings is 1. The third-order valence-electron chi connectivity index (χ3n) is 3.03. The van der Waals surface area contributed by atoms with E-state index in [0.29, 0.717) is 0 Å². The van der Waals surface area contributed by atoms with Gasteiger partial charge in [-0.25, -0.2) is 9.97 Å². The minimum atomic E-state index is 0.718. The van der Waals surface area contributed by atoms with Crippen LogP contribution in [0.5, 0.6) is 0 Å². The highest BCUT2D eigenvalue weighted by Gasteiger charge is 1.96. The van der Waals surface area contributed by atoms with Crippen LogP contribution in [0.2, 0.25) is 0 Å². The summed E-state index contributed by atoms with van der Waals surface area (Å²) < 4.78 is 1.86. The molecule has 2 aromatic heterocycles. The van der Waals surface area contributed by atoms with E-state index in [2.05, 4.69) is 65.5 Å². The van der Waals surface area contributed by atoms with Gasteiger partial charge in [0.2, 0.25) is 0 Å². The van der Waals surface area contributed by atoms with Crippen molar-refractivity contribution in [2.24, 2.45) is 0 Å². The molecule has 0 radical (unpaired) electrons. The van der Waals surface area contributed by atoms with E-state index in [1.165, 1.54) is 0 Å². The molecule has 0 aliphatic carbocycles. The summed E-state index contributed by atoms with van der Waals surface area (Å²) in [6.07, 6.45) is 3.46. The molecule has 0 aliphatic rings. The van der Waals surface area contributed by atoms with Crippen LogP contribution in [0.15, 0.2) is 69.9 Å². The van der Waals surface area contributed by atoms with Crippen LogP contribution in [0.4, 0.5) is 0 Å². The van der Waals surface area contributed by atoms with Crippen molar-refractivity contribution in [3.05, 3.63) is 92.4 Å². The van der Waals surface area contributed by atoms with Gasteiger partial charge in [0.15, 0.2) is 0 Å². The van der Waals surface area contributed by atoms with Crippen molar-refractivity contribution in [1.29, 1.82) is 0 Å². The minimum absolute atomic E-state index is 0.718. The SMILES string of the molecule is Brc1ccc(C#Cc2ccccc2C#Cc2ccc(Br)cn2)nc1. The van der Waals surface area contributed by atoms with E-state index in [9.17, 15) is 0 Å². The van der Waals surface area contributed by atoms with Crippen LogP contribution in [-0.2, 0) is 0 Å². The fourth-order valence-corrected chi connectivity index (χ4v) is 2.33. The Morgan fingerprint density at radius 1 is 0.583 bits per heavy atom. The van der Waals surface area contributed by atoms with E-state index in [-0.39, 0.29) is 0 Å². The van der Waals surface area contributed by atoms with Crippen molar-refractivity contribution in [3.8, 4) is 23.7 Å². The molecule has 3 aromatic rings. The average Bonchev–Trinajstić information content (AvgIpc) is 2.61. The first kappa shape index (κ1) is 16.5. The van der Waals surface area contributed by atoms with Crippen LogP contribution < -0.4 is 0 Å². The van der Waals surface area contributed by atoms with Crippen molar-refractivity contribution in [3.63, 3.8) is 0 Å². The molecule has 0 fully saturated rings. The normalized spacial score (nSPS) is 9.42. The van der Waals surface area contributed by atoms with Gasteiger partial charge >= 0.3 is 0 Å². The van der Waals surface area contributed by atoms with E-state index in [0.717, 1.165) is 31.5 Å². The highest BCUT2D eigenvalue weighted by atomic mass is 79.9. The van der Waals surface area contributed by atoms with Crippen LogP contribution in [0.3, 0.4) is 0 Å². The summed E-state index contributed by atoms with van der Waals surface area (Å²) in [5.74, 6) is 12.4. The van der Waals surface area contributed by atoms with Crippen LogP contribution in [0, 0.1) is 23.7 Å². The maximum atomic E-state index is 4.25. The van der Waals surface area contributed by atoms with E-state index in [1.807, 2.05) is 48.5 Å². The van der Waals surface area contributed by atoms with Crippen LogP contribution in [0.1, 0.15) is 22.5 Å². The summed E-state index contributed by atoms with van der Waals surface area (Å²) in [7, 11) is 0. The van der Waals surface area contributed by atoms with Gasteiger partial charge in [-0.2, -0.15) is 0 Å². The molecule has 3 rings (SSSR count). The van der Waals surface area contributed by atoms with E-state index >= 15 is 0 Å². The number of hydrogen-bond acceptors (Lipinski definition) is 2. The third-order valence-corrected chi connectivity index (χ3v) is 3.97. The fourth-order valence-electron chi connectivity index (χ4n) is 1.86. The summed E-state index contributed by atoms with van der Waals surface area (Å²) in [5.41, 5.74) is 3.17. The van der Waals surface area contributed by atoms with Crippen molar-refractivity contribution in [2.75, 3.05) is 0 Å². The highest BCUT2D eigenvalue weighted by molar-refractivity contribution is 9.10. The molecule has 1 aromatic carbocycles. The second-order valence-corrected chi connectivity index (χ2v) is 6.60. The molecule has 2 heterocycles. The van der Waals surface area contributed by atoms with E-state index < -0.39 is 0 Å². The van der Waals surface area contributed by atoms with Gasteiger partial charge in [-0.1, -0.05) is 24.0 Å². The van der Waals surface area contributed by atoms with Crippen molar-refractivity contribution < 1.29 is 0 Å². The Morgan fingerprint density at radius 3 is 1.42 bits per heavy atom. The smallest absolute Gasteiger partial charge is 0.113 e. The Morgan fingerprint density at radius 2 is 1.04 bits per heavy atom. The maximum absolute atomic E-state index is 4.25. The average molecular weight is 438 g/mol. The van der Waals surface area contributed by atoms with Gasteiger partial charge in [-0.15, -0.1) is 0 Å². The lowest BCUT2D eigenvalue weighted by Crippen LogP contribution is -1.86.